The highest BCUT2D eigenvalue weighted by Crippen LogP contribution is 2.21. The Hall–Kier alpha value is -1.89. The first-order valence-electron chi connectivity index (χ1n) is 5.69. The van der Waals surface area contributed by atoms with E-state index in [1.807, 2.05) is 0 Å². The van der Waals surface area contributed by atoms with Crippen molar-refractivity contribution in [2.45, 2.75) is 31.6 Å². The summed E-state index contributed by atoms with van der Waals surface area (Å²) in [6, 6.07) is 0. The number of nitrogens with one attached hydrogen (secondary N) is 1. The van der Waals surface area contributed by atoms with Gasteiger partial charge >= 0.3 is 5.97 Å². The van der Waals surface area contributed by atoms with Crippen molar-refractivity contribution >= 4 is 11.9 Å². The number of aromatic amines is 1. The molecule has 1 saturated heterocycles. The molecule has 1 aromatic heterocycles. The molecule has 2 rings (SSSR count). The van der Waals surface area contributed by atoms with Crippen molar-refractivity contribution in [3.8, 4) is 0 Å². The zero-order valence-electron chi connectivity index (χ0n) is 10.00. The minimum atomic E-state index is -1.01. The maximum absolute atomic E-state index is 12.0. The number of likely N-dealkylation sites (N-methyl/N-ethyl adjacent to an activating group) is 1. The van der Waals surface area contributed by atoms with Gasteiger partial charge in [0.25, 0.3) is 5.91 Å². The lowest BCUT2D eigenvalue weighted by molar-refractivity contribution is -0.154. The summed E-state index contributed by atoms with van der Waals surface area (Å²) in [5, 5.41) is 15.3. The third kappa shape index (κ3) is 2.67. The monoisotopic (exact) mass is 253 g/mol. The fourth-order valence-electron chi connectivity index (χ4n) is 1.96. The molecule has 0 aliphatic carbocycles. The van der Waals surface area contributed by atoms with Crippen molar-refractivity contribution in [3.63, 3.8) is 0 Å². The molecular weight excluding hydrogens is 238 g/mol. The highest BCUT2D eigenvalue weighted by Gasteiger charge is 2.35. The summed E-state index contributed by atoms with van der Waals surface area (Å²) in [5.74, 6) is -1.21. The highest BCUT2D eigenvalue weighted by atomic mass is 16.5. The minimum Gasteiger partial charge on any atom is -0.479 e. The van der Waals surface area contributed by atoms with E-state index in [0.717, 1.165) is 5.56 Å². The van der Waals surface area contributed by atoms with Crippen LogP contribution >= 0.6 is 0 Å². The van der Waals surface area contributed by atoms with E-state index in [4.69, 9.17) is 9.84 Å². The molecule has 2 heterocycles. The molecule has 1 aromatic rings. The van der Waals surface area contributed by atoms with Gasteiger partial charge in [0.15, 0.2) is 6.10 Å². The van der Waals surface area contributed by atoms with Gasteiger partial charge in [-0.1, -0.05) is 0 Å². The molecule has 2 N–H and O–H groups in total. The second-order valence-electron chi connectivity index (χ2n) is 4.33. The Kier molecular flexibility index (Phi) is 3.61. The first-order valence-corrected chi connectivity index (χ1v) is 5.69. The van der Waals surface area contributed by atoms with Gasteiger partial charge in [0.1, 0.15) is 6.10 Å². The van der Waals surface area contributed by atoms with Crippen LogP contribution in [0.5, 0.6) is 0 Å². The summed E-state index contributed by atoms with van der Waals surface area (Å²) in [5.41, 5.74) is 0.888. The average Bonchev–Trinajstić information content (AvgIpc) is 2.98. The van der Waals surface area contributed by atoms with Gasteiger partial charge in [0, 0.05) is 25.4 Å². The molecule has 98 valence electrons. The number of rotatable bonds is 4. The molecule has 2 unspecified atom stereocenters. The van der Waals surface area contributed by atoms with E-state index < -0.39 is 18.2 Å². The Balaban J connectivity index is 1.90. The maximum Gasteiger partial charge on any atom is 0.332 e. The van der Waals surface area contributed by atoms with Gasteiger partial charge < -0.3 is 14.7 Å². The van der Waals surface area contributed by atoms with Crippen molar-refractivity contribution in [1.82, 2.24) is 15.1 Å². The lowest BCUT2D eigenvalue weighted by Crippen LogP contribution is -2.36. The van der Waals surface area contributed by atoms with Gasteiger partial charge in [-0.05, 0) is 12.8 Å². The lowest BCUT2D eigenvalue weighted by atomic mass is 10.2. The van der Waals surface area contributed by atoms with E-state index in [-0.39, 0.29) is 5.91 Å². The van der Waals surface area contributed by atoms with E-state index >= 15 is 0 Å². The Bertz CT molecular complexity index is 432. The quantitative estimate of drug-likeness (QED) is 0.787. The van der Waals surface area contributed by atoms with Crippen molar-refractivity contribution < 1.29 is 19.4 Å². The largest absolute Gasteiger partial charge is 0.479 e. The molecular formula is C11H15N3O4. The normalized spacial score (nSPS) is 22.9. The SMILES string of the molecule is CN(Cc1cn[nH]c1)C(=O)C1CCC(C(=O)O)O1. The Morgan fingerprint density at radius 1 is 1.56 bits per heavy atom. The van der Waals surface area contributed by atoms with E-state index in [0.29, 0.717) is 19.4 Å². The number of ether oxygens (including phenoxy) is 1. The standard InChI is InChI=1S/C11H15N3O4/c1-14(6-7-4-12-13-5-7)10(15)8-2-3-9(18-8)11(16)17/h4-5,8-9H,2-3,6H2,1H3,(H,12,13)(H,16,17). The molecule has 0 aromatic carbocycles. The topological polar surface area (TPSA) is 95.5 Å². The van der Waals surface area contributed by atoms with Crippen LogP contribution in [0.2, 0.25) is 0 Å². The predicted molar refractivity (Wildman–Crippen MR) is 60.6 cm³/mol. The van der Waals surface area contributed by atoms with Crippen LogP contribution in [0.4, 0.5) is 0 Å². The number of hydrogen-bond acceptors (Lipinski definition) is 4. The van der Waals surface area contributed by atoms with Gasteiger partial charge in [0.05, 0.1) is 6.20 Å². The van der Waals surface area contributed by atoms with Crippen molar-refractivity contribution in [1.29, 1.82) is 0 Å². The zero-order valence-corrected chi connectivity index (χ0v) is 10.00. The molecule has 7 heteroatoms. The summed E-state index contributed by atoms with van der Waals surface area (Å²) in [6.45, 7) is 0.424. The number of hydrogen-bond donors (Lipinski definition) is 2. The molecule has 7 nitrogen and oxygen atoms in total. The molecule has 1 aliphatic rings. The predicted octanol–water partition coefficient (Wildman–Crippen LogP) is 0.000300. The number of carbonyl (C=O) groups excluding carboxylic acids is 1. The third-order valence-electron chi connectivity index (χ3n) is 2.92. The van der Waals surface area contributed by atoms with Crippen LogP contribution in [0.3, 0.4) is 0 Å². The number of H-pyrrole nitrogens is 1. The van der Waals surface area contributed by atoms with Crippen molar-refractivity contribution in [2.24, 2.45) is 0 Å². The first-order chi connectivity index (χ1) is 8.58. The molecule has 0 bridgehead atoms. The second-order valence-corrected chi connectivity index (χ2v) is 4.33. The van der Waals surface area contributed by atoms with Crippen LogP contribution < -0.4 is 0 Å². The van der Waals surface area contributed by atoms with E-state index in [2.05, 4.69) is 10.2 Å². The molecule has 0 radical (unpaired) electrons. The van der Waals surface area contributed by atoms with Crippen LogP contribution in [0.25, 0.3) is 0 Å². The summed E-state index contributed by atoms with van der Waals surface area (Å²) in [6.07, 6.45) is 2.67. The zero-order chi connectivity index (χ0) is 13.1. The van der Waals surface area contributed by atoms with Gasteiger partial charge in [-0.25, -0.2) is 4.79 Å². The highest BCUT2D eigenvalue weighted by molar-refractivity contribution is 5.82. The van der Waals surface area contributed by atoms with Crippen LogP contribution in [-0.2, 0) is 20.9 Å². The van der Waals surface area contributed by atoms with E-state index in [1.54, 1.807) is 19.4 Å². The van der Waals surface area contributed by atoms with Gasteiger partial charge in [0.2, 0.25) is 0 Å². The smallest absolute Gasteiger partial charge is 0.332 e. The summed E-state index contributed by atoms with van der Waals surface area (Å²) >= 11 is 0. The molecule has 1 amide bonds. The third-order valence-corrected chi connectivity index (χ3v) is 2.92. The number of aliphatic carboxylic acids is 1. The summed E-state index contributed by atoms with van der Waals surface area (Å²) < 4.78 is 5.21. The summed E-state index contributed by atoms with van der Waals surface area (Å²) in [7, 11) is 1.66. The van der Waals surface area contributed by atoms with Crippen LogP contribution in [0.15, 0.2) is 12.4 Å². The number of amides is 1. The lowest BCUT2D eigenvalue weighted by Gasteiger charge is -2.20. The van der Waals surface area contributed by atoms with Crippen molar-refractivity contribution in [2.75, 3.05) is 7.05 Å². The van der Waals surface area contributed by atoms with Crippen LogP contribution in [0, 0.1) is 0 Å². The number of aromatic nitrogens is 2. The number of carboxylic acids is 1. The number of carbonyl (C=O) groups is 2. The first kappa shape index (κ1) is 12.6. The molecule has 1 aliphatic heterocycles. The molecule has 1 fully saturated rings. The van der Waals surface area contributed by atoms with Gasteiger partial charge in [-0.3, -0.25) is 9.89 Å². The Labute approximate surface area is 104 Å². The molecule has 0 saturated carbocycles. The summed E-state index contributed by atoms with van der Waals surface area (Å²) in [4.78, 5) is 24.3. The number of carboxylic acid groups (broad SMARTS) is 1. The fourth-order valence-corrected chi connectivity index (χ4v) is 1.96. The number of nitrogens with zero attached hydrogens (tertiary/aromatic N) is 2. The average molecular weight is 253 g/mol. The molecule has 18 heavy (non-hydrogen) atoms. The van der Waals surface area contributed by atoms with Crippen LogP contribution in [0.1, 0.15) is 18.4 Å². The van der Waals surface area contributed by atoms with E-state index in [1.165, 1.54) is 4.90 Å². The molecule has 2 atom stereocenters. The maximum atomic E-state index is 12.0. The minimum absolute atomic E-state index is 0.194. The molecule has 0 spiro atoms. The Morgan fingerprint density at radius 2 is 2.28 bits per heavy atom. The van der Waals surface area contributed by atoms with Crippen LogP contribution in [-0.4, -0.2) is 51.3 Å². The van der Waals surface area contributed by atoms with Gasteiger partial charge in [-0.2, -0.15) is 5.10 Å². The fraction of sp³-hybridized carbons (Fsp3) is 0.545. The van der Waals surface area contributed by atoms with E-state index in [9.17, 15) is 9.59 Å². The Morgan fingerprint density at radius 3 is 2.83 bits per heavy atom. The second kappa shape index (κ2) is 5.18. The van der Waals surface area contributed by atoms with Crippen molar-refractivity contribution in [3.05, 3.63) is 18.0 Å². The van der Waals surface area contributed by atoms with Gasteiger partial charge in [-0.15, -0.1) is 0 Å².